The van der Waals surface area contributed by atoms with Crippen molar-refractivity contribution in [3.63, 3.8) is 0 Å². The summed E-state index contributed by atoms with van der Waals surface area (Å²) >= 11 is 0. The predicted molar refractivity (Wildman–Crippen MR) is 66.6 cm³/mol. The molecule has 96 valence electrons. The largest absolute Gasteiger partial charge is 0.329 e. The van der Waals surface area contributed by atoms with Crippen LogP contribution in [0.2, 0.25) is 0 Å². The van der Waals surface area contributed by atoms with E-state index in [1.807, 2.05) is 20.8 Å². The lowest BCUT2D eigenvalue weighted by Crippen LogP contribution is -2.49. The van der Waals surface area contributed by atoms with Crippen molar-refractivity contribution in [2.75, 3.05) is 18.8 Å². The molecular formula is C11H24N2O2S. The highest BCUT2D eigenvalue weighted by atomic mass is 32.2. The predicted octanol–water partition coefficient (Wildman–Crippen LogP) is 1.18. The molecule has 0 aromatic rings. The highest BCUT2D eigenvalue weighted by Crippen LogP contribution is 2.24. The molecule has 1 aliphatic rings. The molecule has 2 N–H and O–H groups in total. The number of nitrogens with two attached hydrogens (primary N) is 1. The Morgan fingerprint density at radius 1 is 1.31 bits per heavy atom. The molecule has 4 nitrogen and oxygen atoms in total. The van der Waals surface area contributed by atoms with Crippen LogP contribution in [0.3, 0.4) is 0 Å². The highest BCUT2D eigenvalue weighted by molar-refractivity contribution is 7.89. The van der Waals surface area contributed by atoms with Gasteiger partial charge >= 0.3 is 0 Å². The maximum atomic E-state index is 12.2. The fourth-order valence-electron chi connectivity index (χ4n) is 2.21. The van der Waals surface area contributed by atoms with Crippen molar-refractivity contribution in [2.24, 2.45) is 11.1 Å². The topological polar surface area (TPSA) is 63.4 Å². The van der Waals surface area contributed by atoms with Gasteiger partial charge in [-0.15, -0.1) is 0 Å². The van der Waals surface area contributed by atoms with Gasteiger partial charge in [-0.3, -0.25) is 0 Å². The molecule has 1 atom stereocenters. The smallest absolute Gasteiger partial charge is 0.214 e. The second kappa shape index (κ2) is 5.02. The molecule has 0 aromatic carbocycles. The van der Waals surface area contributed by atoms with Crippen molar-refractivity contribution in [3.8, 4) is 0 Å². The second-order valence-corrected chi connectivity index (χ2v) is 7.73. The lowest BCUT2D eigenvalue weighted by Gasteiger charge is -2.35. The number of hydrogen-bond acceptors (Lipinski definition) is 3. The van der Waals surface area contributed by atoms with Gasteiger partial charge in [-0.1, -0.05) is 27.2 Å². The van der Waals surface area contributed by atoms with Gasteiger partial charge in [-0.25, -0.2) is 8.42 Å². The zero-order valence-electron chi connectivity index (χ0n) is 10.6. The van der Waals surface area contributed by atoms with E-state index >= 15 is 0 Å². The second-order valence-electron chi connectivity index (χ2n) is 5.81. The molecule has 1 fully saturated rings. The molecule has 0 aromatic heterocycles. The molecule has 0 radical (unpaired) electrons. The van der Waals surface area contributed by atoms with E-state index in [4.69, 9.17) is 5.73 Å². The first-order valence-electron chi connectivity index (χ1n) is 5.96. The van der Waals surface area contributed by atoms with E-state index in [0.29, 0.717) is 13.1 Å². The molecule has 1 saturated heterocycles. The average molecular weight is 248 g/mol. The van der Waals surface area contributed by atoms with Crippen LogP contribution >= 0.6 is 0 Å². The summed E-state index contributed by atoms with van der Waals surface area (Å²) in [5.74, 6) is 0.205. The highest BCUT2D eigenvalue weighted by Gasteiger charge is 2.33. The summed E-state index contributed by atoms with van der Waals surface area (Å²) in [4.78, 5) is 0. The van der Waals surface area contributed by atoms with Gasteiger partial charge in [-0.05, 0) is 18.3 Å². The van der Waals surface area contributed by atoms with Gasteiger partial charge in [0.25, 0.3) is 0 Å². The summed E-state index contributed by atoms with van der Waals surface area (Å²) in [7, 11) is -3.15. The Morgan fingerprint density at radius 2 is 1.94 bits per heavy atom. The molecule has 16 heavy (non-hydrogen) atoms. The van der Waals surface area contributed by atoms with Crippen molar-refractivity contribution >= 4 is 10.0 Å². The van der Waals surface area contributed by atoms with E-state index in [2.05, 4.69) is 0 Å². The Kier molecular flexibility index (Phi) is 4.37. The maximum Gasteiger partial charge on any atom is 0.214 e. The Hall–Kier alpha value is -0.130. The fraction of sp³-hybridized carbons (Fsp3) is 1.00. The summed E-state index contributed by atoms with van der Waals surface area (Å²) in [5, 5.41) is 0. The van der Waals surface area contributed by atoms with Gasteiger partial charge in [0.15, 0.2) is 0 Å². The van der Waals surface area contributed by atoms with Crippen LogP contribution in [0, 0.1) is 5.41 Å². The molecule has 0 spiro atoms. The van der Waals surface area contributed by atoms with E-state index < -0.39 is 10.0 Å². The minimum Gasteiger partial charge on any atom is -0.329 e. The minimum absolute atomic E-state index is 0.0149. The average Bonchev–Trinajstić information content (AvgIpc) is 2.14. The molecule has 1 heterocycles. The zero-order valence-corrected chi connectivity index (χ0v) is 11.4. The summed E-state index contributed by atoms with van der Waals surface area (Å²) in [6.45, 7) is 6.92. The van der Waals surface area contributed by atoms with E-state index in [0.717, 1.165) is 19.3 Å². The van der Waals surface area contributed by atoms with Crippen molar-refractivity contribution in [2.45, 2.75) is 46.1 Å². The Morgan fingerprint density at radius 3 is 2.44 bits per heavy atom. The van der Waals surface area contributed by atoms with Crippen molar-refractivity contribution in [3.05, 3.63) is 0 Å². The molecule has 0 aliphatic carbocycles. The molecule has 5 heteroatoms. The van der Waals surface area contributed by atoms with Crippen LogP contribution in [0.1, 0.15) is 40.0 Å². The normalized spacial score (nSPS) is 24.6. The summed E-state index contributed by atoms with van der Waals surface area (Å²) in [6.07, 6.45) is 2.95. The summed E-state index contributed by atoms with van der Waals surface area (Å²) < 4.78 is 26.1. The first-order valence-corrected chi connectivity index (χ1v) is 7.57. The number of hydrogen-bond donors (Lipinski definition) is 1. The summed E-state index contributed by atoms with van der Waals surface area (Å²) in [5.41, 5.74) is 5.45. The van der Waals surface area contributed by atoms with Crippen LogP contribution in [-0.2, 0) is 10.0 Å². The van der Waals surface area contributed by atoms with Crippen LogP contribution in [0.25, 0.3) is 0 Å². The van der Waals surface area contributed by atoms with Crippen LogP contribution in [0.4, 0.5) is 0 Å². The maximum absolute atomic E-state index is 12.2. The quantitative estimate of drug-likeness (QED) is 0.815. The number of rotatable bonds is 3. The van der Waals surface area contributed by atoms with Crippen LogP contribution < -0.4 is 5.73 Å². The Balaban J connectivity index is 2.80. The lowest BCUT2D eigenvalue weighted by atomic mass is 10.0. The van der Waals surface area contributed by atoms with E-state index in [9.17, 15) is 8.42 Å². The third-order valence-electron chi connectivity index (χ3n) is 2.82. The zero-order chi connectivity index (χ0) is 12.4. The van der Waals surface area contributed by atoms with Gasteiger partial charge in [0.1, 0.15) is 0 Å². The number of nitrogens with zero attached hydrogens (tertiary/aromatic N) is 1. The van der Waals surface area contributed by atoms with E-state index in [-0.39, 0.29) is 17.2 Å². The molecule has 0 bridgehead atoms. The number of sulfonamides is 1. The molecule has 0 amide bonds. The molecular weight excluding hydrogens is 224 g/mol. The van der Waals surface area contributed by atoms with Gasteiger partial charge in [0.05, 0.1) is 5.75 Å². The van der Waals surface area contributed by atoms with Gasteiger partial charge in [-0.2, -0.15) is 4.31 Å². The van der Waals surface area contributed by atoms with E-state index in [1.54, 1.807) is 4.31 Å². The minimum atomic E-state index is -3.15. The first-order chi connectivity index (χ1) is 7.26. The molecule has 1 aliphatic heterocycles. The first kappa shape index (κ1) is 13.9. The SMILES string of the molecule is CC(C)(C)CS(=O)(=O)N1CCCCC1CN. The fourth-order valence-corrected chi connectivity index (χ4v) is 4.52. The van der Waals surface area contributed by atoms with Crippen LogP contribution in [-0.4, -0.2) is 37.6 Å². The van der Waals surface area contributed by atoms with E-state index in [1.165, 1.54) is 0 Å². The standard InChI is InChI=1S/C11H24N2O2S/c1-11(2,3)9-16(14,15)13-7-5-4-6-10(13)8-12/h10H,4-9,12H2,1-3H3. The third-order valence-corrected chi connectivity index (χ3v) is 5.24. The lowest BCUT2D eigenvalue weighted by molar-refractivity contribution is 0.254. The van der Waals surface area contributed by atoms with Gasteiger partial charge < -0.3 is 5.73 Å². The van der Waals surface area contributed by atoms with Gasteiger partial charge in [0, 0.05) is 19.1 Å². The van der Waals surface area contributed by atoms with Crippen LogP contribution in [0.5, 0.6) is 0 Å². The molecule has 0 saturated carbocycles. The van der Waals surface area contributed by atoms with Crippen molar-refractivity contribution < 1.29 is 8.42 Å². The monoisotopic (exact) mass is 248 g/mol. The molecule has 1 unspecified atom stereocenters. The summed E-state index contributed by atoms with van der Waals surface area (Å²) in [6, 6.07) is 0.0149. The van der Waals surface area contributed by atoms with Crippen molar-refractivity contribution in [1.29, 1.82) is 0 Å². The Labute approximate surface area is 99.2 Å². The third kappa shape index (κ3) is 3.71. The number of piperidine rings is 1. The molecule has 1 rings (SSSR count). The van der Waals surface area contributed by atoms with Crippen molar-refractivity contribution in [1.82, 2.24) is 4.31 Å². The van der Waals surface area contributed by atoms with Crippen LogP contribution in [0.15, 0.2) is 0 Å². The Bertz CT molecular complexity index is 319. The van der Waals surface area contributed by atoms with Gasteiger partial charge in [0.2, 0.25) is 10.0 Å².